The topological polar surface area (TPSA) is 109 Å². The highest BCUT2D eigenvalue weighted by Crippen LogP contribution is 2.43. The number of amides is 1. The number of carbonyl (C=O) groups is 1. The smallest absolute Gasteiger partial charge is 0.258 e. The second-order valence-corrected chi connectivity index (χ2v) is 10.6. The molecule has 0 spiro atoms. The molecule has 9 nitrogen and oxygen atoms in total. The van der Waals surface area contributed by atoms with E-state index in [4.69, 9.17) is 9.47 Å². The molecule has 0 saturated heterocycles. The highest BCUT2D eigenvalue weighted by molar-refractivity contribution is 7.92. The van der Waals surface area contributed by atoms with Gasteiger partial charge < -0.3 is 25.4 Å². The Kier molecular flexibility index (Phi) is 8.23. The summed E-state index contributed by atoms with van der Waals surface area (Å²) in [6, 6.07) is 20.2. The largest absolute Gasteiger partial charge is 0.493 e. The number of likely N-dealkylation sites (N-methyl/N-ethyl adjacent to an activating group) is 1. The van der Waals surface area contributed by atoms with Crippen molar-refractivity contribution in [3.05, 3.63) is 77.9 Å². The minimum Gasteiger partial charge on any atom is -0.493 e. The van der Waals surface area contributed by atoms with E-state index in [0.29, 0.717) is 58.5 Å². The Hall–Kier alpha value is -4.02. The third kappa shape index (κ3) is 5.76. The minimum atomic E-state index is -3.45. The first-order valence-corrected chi connectivity index (χ1v) is 14.0. The Labute approximate surface area is 223 Å². The summed E-state index contributed by atoms with van der Waals surface area (Å²) >= 11 is 0. The lowest BCUT2D eigenvalue weighted by Gasteiger charge is -2.23. The number of sulfonamides is 1. The van der Waals surface area contributed by atoms with Crippen LogP contribution in [0.15, 0.2) is 66.7 Å². The summed E-state index contributed by atoms with van der Waals surface area (Å²) in [5, 5.41) is 9.48. The number of rotatable bonds is 11. The van der Waals surface area contributed by atoms with E-state index in [1.807, 2.05) is 37.3 Å². The van der Waals surface area contributed by atoms with Gasteiger partial charge in [0.2, 0.25) is 10.0 Å². The molecule has 0 atom stereocenters. The Bertz CT molecular complexity index is 1440. The Morgan fingerprint density at radius 3 is 2.24 bits per heavy atom. The van der Waals surface area contributed by atoms with Gasteiger partial charge in [0.25, 0.3) is 5.91 Å². The molecule has 1 amide bonds. The van der Waals surface area contributed by atoms with Gasteiger partial charge in [-0.05, 0) is 42.4 Å². The van der Waals surface area contributed by atoms with E-state index in [9.17, 15) is 13.2 Å². The maximum atomic E-state index is 13.2. The van der Waals surface area contributed by atoms with Gasteiger partial charge in [-0.25, -0.2) is 8.42 Å². The molecule has 1 aliphatic rings. The van der Waals surface area contributed by atoms with E-state index < -0.39 is 10.0 Å². The molecule has 0 aliphatic carbocycles. The molecule has 0 radical (unpaired) electrons. The van der Waals surface area contributed by atoms with Crippen LogP contribution in [0.2, 0.25) is 0 Å². The molecule has 10 heteroatoms. The van der Waals surface area contributed by atoms with Gasteiger partial charge in [-0.1, -0.05) is 37.3 Å². The van der Waals surface area contributed by atoms with Crippen molar-refractivity contribution in [1.29, 1.82) is 0 Å². The van der Waals surface area contributed by atoms with Crippen LogP contribution in [0.4, 0.5) is 17.1 Å². The summed E-state index contributed by atoms with van der Waals surface area (Å²) in [7, 11) is -0.360. The molecule has 1 heterocycles. The third-order valence-electron chi connectivity index (χ3n) is 6.15. The van der Waals surface area contributed by atoms with Crippen LogP contribution in [0.3, 0.4) is 0 Å². The summed E-state index contributed by atoms with van der Waals surface area (Å²) in [5.74, 6) is 0.766. The van der Waals surface area contributed by atoms with E-state index in [0.717, 1.165) is 12.1 Å². The van der Waals surface area contributed by atoms with E-state index in [1.165, 1.54) is 10.6 Å². The van der Waals surface area contributed by atoms with Crippen LogP contribution in [0.25, 0.3) is 11.3 Å². The minimum absolute atomic E-state index is 0.259. The van der Waals surface area contributed by atoms with Crippen LogP contribution < -0.4 is 29.7 Å². The van der Waals surface area contributed by atoms with E-state index in [2.05, 4.69) is 16.0 Å². The molecule has 4 rings (SSSR count). The Morgan fingerprint density at radius 2 is 1.63 bits per heavy atom. The first-order valence-electron chi connectivity index (χ1n) is 12.2. The predicted molar refractivity (Wildman–Crippen MR) is 152 cm³/mol. The Morgan fingerprint density at radius 1 is 0.974 bits per heavy atom. The number of methoxy groups -OCH3 is 2. The van der Waals surface area contributed by atoms with Crippen LogP contribution in [0.5, 0.6) is 11.5 Å². The number of anilines is 3. The van der Waals surface area contributed by atoms with Crippen molar-refractivity contribution >= 4 is 44.3 Å². The number of fused-ring (bicyclic) bond motifs is 1. The van der Waals surface area contributed by atoms with Crippen LogP contribution in [-0.4, -0.2) is 54.4 Å². The van der Waals surface area contributed by atoms with Crippen molar-refractivity contribution in [3.63, 3.8) is 0 Å². The van der Waals surface area contributed by atoms with Gasteiger partial charge in [-0.2, -0.15) is 0 Å². The number of hydrogen-bond donors (Lipinski definition) is 3. The lowest BCUT2D eigenvalue weighted by molar-refractivity contribution is -0.110. The zero-order valence-electron chi connectivity index (χ0n) is 21.9. The molecule has 3 aromatic rings. The molecule has 0 fully saturated rings. The van der Waals surface area contributed by atoms with Crippen molar-refractivity contribution in [2.24, 2.45) is 0 Å². The van der Waals surface area contributed by atoms with Gasteiger partial charge in [0.15, 0.2) is 11.5 Å². The zero-order chi connectivity index (χ0) is 27.3. The average molecular weight is 537 g/mol. The maximum Gasteiger partial charge on any atom is 0.258 e. The molecule has 0 saturated carbocycles. The third-order valence-corrected chi connectivity index (χ3v) is 7.34. The molecule has 0 aromatic heterocycles. The van der Waals surface area contributed by atoms with Crippen LogP contribution >= 0.6 is 0 Å². The average Bonchev–Trinajstić information content (AvgIpc) is 3.23. The molecule has 1 aliphatic heterocycles. The number of hydrogen-bond acceptors (Lipinski definition) is 7. The number of nitrogens with one attached hydrogen (secondary N) is 3. The van der Waals surface area contributed by atoms with Gasteiger partial charge in [0.05, 0.1) is 43.1 Å². The van der Waals surface area contributed by atoms with Gasteiger partial charge in [-0.15, -0.1) is 0 Å². The van der Waals surface area contributed by atoms with E-state index in [-0.39, 0.29) is 5.91 Å². The highest BCUT2D eigenvalue weighted by Gasteiger charge is 2.30. The standard InChI is InChI=1S/C28H32N4O5S/c1-5-29-15-16-32(38(4,34)35)21-13-11-20(12-14-21)30-27(19-9-7-6-8-10-19)26-22-17-24(36-2)25(37-3)18-23(22)31-28(26)33/h6-14,17-18,29-30H,5,15-16H2,1-4H3,(H,31,33). The maximum absolute atomic E-state index is 13.2. The molecular formula is C28H32N4O5S. The summed E-state index contributed by atoms with van der Waals surface area (Å²) in [5.41, 5.74) is 4.44. The fourth-order valence-corrected chi connectivity index (χ4v) is 5.26. The lowest BCUT2D eigenvalue weighted by atomic mass is 9.99. The quantitative estimate of drug-likeness (QED) is 0.251. The normalized spacial score (nSPS) is 13.9. The number of carbonyl (C=O) groups excluding carboxylic acids is 1. The van der Waals surface area contributed by atoms with E-state index in [1.54, 1.807) is 50.6 Å². The van der Waals surface area contributed by atoms with Gasteiger partial charge in [-0.3, -0.25) is 9.10 Å². The molecule has 0 unspecified atom stereocenters. The van der Waals surface area contributed by atoms with Crippen LogP contribution in [-0.2, 0) is 14.8 Å². The first-order chi connectivity index (χ1) is 18.3. The van der Waals surface area contributed by atoms with Crippen molar-refractivity contribution in [2.45, 2.75) is 6.92 Å². The summed E-state index contributed by atoms with van der Waals surface area (Å²) in [6.07, 6.45) is 1.20. The molecule has 3 N–H and O–H groups in total. The summed E-state index contributed by atoms with van der Waals surface area (Å²) in [6.45, 7) is 3.59. The number of ether oxygens (including phenoxy) is 2. The fourth-order valence-electron chi connectivity index (χ4n) is 4.33. The van der Waals surface area contributed by atoms with Gasteiger partial charge >= 0.3 is 0 Å². The van der Waals surface area contributed by atoms with Crippen molar-refractivity contribution in [1.82, 2.24) is 5.32 Å². The molecule has 0 bridgehead atoms. The second kappa shape index (κ2) is 11.6. The van der Waals surface area contributed by atoms with Crippen molar-refractivity contribution < 1.29 is 22.7 Å². The van der Waals surface area contributed by atoms with Gasteiger partial charge in [0.1, 0.15) is 0 Å². The van der Waals surface area contributed by atoms with E-state index >= 15 is 0 Å². The van der Waals surface area contributed by atoms with Gasteiger partial charge in [0, 0.05) is 30.4 Å². The fraction of sp³-hybridized carbons (Fsp3) is 0.250. The predicted octanol–water partition coefficient (Wildman–Crippen LogP) is 4.01. The zero-order valence-corrected chi connectivity index (χ0v) is 22.7. The monoisotopic (exact) mass is 536 g/mol. The molecular weight excluding hydrogens is 504 g/mol. The molecule has 3 aromatic carbocycles. The second-order valence-electron chi connectivity index (χ2n) is 8.68. The van der Waals surface area contributed by atoms with Crippen LogP contribution in [0.1, 0.15) is 18.1 Å². The van der Waals surface area contributed by atoms with Crippen molar-refractivity contribution in [3.8, 4) is 11.5 Å². The summed E-state index contributed by atoms with van der Waals surface area (Å²) in [4.78, 5) is 13.2. The number of nitrogens with zero attached hydrogens (tertiary/aromatic N) is 1. The lowest BCUT2D eigenvalue weighted by Crippen LogP contribution is -2.36. The summed E-state index contributed by atoms with van der Waals surface area (Å²) < 4.78 is 37.1. The number of benzene rings is 3. The molecule has 200 valence electrons. The highest BCUT2D eigenvalue weighted by atomic mass is 32.2. The SMILES string of the molecule is CCNCCN(c1ccc(NC(=C2C(=O)Nc3cc(OC)c(OC)cc32)c2ccccc2)cc1)S(C)(=O)=O. The van der Waals surface area contributed by atoms with Crippen molar-refractivity contribution in [2.75, 3.05) is 55.0 Å². The first kappa shape index (κ1) is 27.0. The van der Waals surface area contributed by atoms with Crippen LogP contribution in [0, 0.1) is 0 Å². The molecule has 38 heavy (non-hydrogen) atoms. The Balaban J connectivity index is 1.75.